The predicted molar refractivity (Wildman–Crippen MR) is 99.6 cm³/mol. The van der Waals surface area contributed by atoms with Gasteiger partial charge >= 0.3 is 16.1 Å². The van der Waals surface area contributed by atoms with Crippen LogP contribution in [0.3, 0.4) is 0 Å². The van der Waals surface area contributed by atoms with Crippen molar-refractivity contribution in [2.45, 2.75) is 19.4 Å². The molecule has 2 aromatic carbocycles. The van der Waals surface area contributed by atoms with Crippen LogP contribution in [0.15, 0.2) is 54.6 Å². The van der Waals surface area contributed by atoms with Crippen LogP contribution in [0.4, 0.5) is 0 Å². The molecular formula is C19H21NO6S. The van der Waals surface area contributed by atoms with Crippen LogP contribution in [0, 0.1) is 0 Å². The Bertz CT molecular complexity index is 878. The average Bonchev–Trinajstić information content (AvgIpc) is 2.61. The Labute approximate surface area is 158 Å². The summed E-state index contributed by atoms with van der Waals surface area (Å²) in [5.41, 5.74) is 1.42. The highest BCUT2D eigenvalue weighted by molar-refractivity contribution is 7.86. The second kappa shape index (κ2) is 9.18. The lowest BCUT2D eigenvalue weighted by molar-refractivity contribution is -0.146. The second-order valence-corrected chi connectivity index (χ2v) is 7.51. The lowest BCUT2D eigenvalue weighted by Gasteiger charge is -2.17. The van der Waals surface area contributed by atoms with E-state index in [2.05, 4.69) is 5.32 Å². The Morgan fingerprint density at radius 1 is 1.04 bits per heavy atom. The standard InChI is InChI=1S/C19H21NO6S/c1-14(21)20-12-18(19(22)25-13-15-6-4-3-5-7-15)16-8-10-17(11-9-16)26-27(2,23)24/h3-11,18H,12-13H2,1-2H3,(H,20,21). The summed E-state index contributed by atoms with van der Waals surface area (Å²) < 4.78 is 32.5. The van der Waals surface area contributed by atoms with Crippen LogP contribution in [-0.4, -0.2) is 33.1 Å². The third-order valence-corrected chi connectivity index (χ3v) is 4.09. The molecule has 0 fully saturated rings. The van der Waals surface area contributed by atoms with Crippen molar-refractivity contribution < 1.29 is 26.9 Å². The molecule has 144 valence electrons. The van der Waals surface area contributed by atoms with E-state index >= 15 is 0 Å². The van der Waals surface area contributed by atoms with E-state index < -0.39 is 22.0 Å². The molecule has 0 spiro atoms. The third kappa shape index (κ3) is 7.10. The van der Waals surface area contributed by atoms with Crippen LogP contribution in [0.1, 0.15) is 24.0 Å². The van der Waals surface area contributed by atoms with E-state index in [0.29, 0.717) is 5.56 Å². The van der Waals surface area contributed by atoms with E-state index in [0.717, 1.165) is 11.8 Å². The summed E-state index contributed by atoms with van der Waals surface area (Å²) in [5.74, 6) is -1.36. The molecule has 1 amide bonds. The van der Waals surface area contributed by atoms with Crippen molar-refractivity contribution in [3.63, 3.8) is 0 Å². The minimum Gasteiger partial charge on any atom is -0.460 e. The van der Waals surface area contributed by atoms with E-state index in [1.165, 1.54) is 19.1 Å². The zero-order valence-electron chi connectivity index (χ0n) is 15.0. The number of benzene rings is 2. The maximum absolute atomic E-state index is 12.5. The van der Waals surface area contributed by atoms with Crippen molar-refractivity contribution in [2.75, 3.05) is 12.8 Å². The molecule has 0 aliphatic heterocycles. The van der Waals surface area contributed by atoms with Crippen LogP contribution in [0.2, 0.25) is 0 Å². The quantitative estimate of drug-likeness (QED) is 0.546. The molecule has 0 radical (unpaired) electrons. The largest absolute Gasteiger partial charge is 0.460 e. The number of carbonyl (C=O) groups is 2. The number of amides is 1. The van der Waals surface area contributed by atoms with Gasteiger partial charge in [0, 0.05) is 13.5 Å². The van der Waals surface area contributed by atoms with Gasteiger partial charge in [-0.1, -0.05) is 42.5 Å². The molecule has 0 aliphatic rings. The topological polar surface area (TPSA) is 98.8 Å². The Balaban J connectivity index is 2.12. The van der Waals surface area contributed by atoms with Crippen LogP contribution >= 0.6 is 0 Å². The summed E-state index contributed by atoms with van der Waals surface area (Å²) >= 11 is 0. The number of ether oxygens (including phenoxy) is 1. The molecule has 1 unspecified atom stereocenters. The van der Waals surface area contributed by atoms with Gasteiger partial charge in [0.05, 0.1) is 12.2 Å². The Hall–Kier alpha value is -2.87. The highest BCUT2D eigenvalue weighted by Gasteiger charge is 2.23. The van der Waals surface area contributed by atoms with Gasteiger partial charge in [-0.3, -0.25) is 9.59 Å². The number of rotatable bonds is 8. The van der Waals surface area contributed by atoms with E-state index in [1.54, 1.807) is 12.1 Å². The van der Waals surface area contributed by atoms with Gasteiger partial charge in [0.1, 0.15) is 12.4 Å². The number of hydrogen-bond acceptors (Lipinski definition) is 6. The summed E-state index contributed by atoms with van der Waals surface area (Å²) in [5, 5.41) is 2.61. The summed E-state index contributed by atoms with van der Waals surface area (Å²) in [6.45, 7) is 1.54. The molecule has 0 aliphatic carbocycles. The summed E-state index contributed by atoms with van der Waals surface area (Å²) in [6.07, 6.45) is 0.946. The smallest absolute Gasteiger partial charge is 0.315 e. The fraction of sp³-hybridized carbons (Fsp3) is 0.263. The molecule has 2 rings (SSSR count). The SMILES string of the molecule is CC(=O)NCC(C(=O)OCc1ccccc1)c1ccc(OS(C)(=O)=O)cc1. The van der Waals surface area contributed by atoms with Crippen molar-refractivity contribution in [3.05, 3.63) is 65.7 Å². The predicted octanol–water partition coefficient (Wildman–Crippen LogP) is 1.99. The Morgan fingerprint density at radius 3 is 2.22 bits per heavy atom. The third-order valence-electron chi connectivity index (χ3n) is 3.59. The number of esters is 1. The van der Waals surface area contributed by atoms with Gasteiger partial charge in [0.2, 0.25) is 5.91 Å². The van der Waals surface area contributed by atoms with Crippen molar-refractivity contribution in [1.29, 1.82) is 0 Å². The Morgan fingerprint density at radius 2 is 1.67 bits per heavy atom. The van der Waals surface area contributed by atoms with Gasteiger partial charge in [-0.05, 0) is 23.3 Å². The van der Waals surface area contributed by atoms with Crippen molar-refractivity contribution in [1.82, 2.24) is 5.32 Å². The number of hydrogen-bond donors (Lipinski definition) is 1. The normalized spacial score (nSPS) is 12.1. The molecule has 0 saturated carbocycles. The summed E-state index contributed by atoms with van der Waals surface area (Å²) in [7, 11) is -3.64. The van der Waals surface area contributed by atoms with Crippen LogP contribution in [0.5, 0.6) is 5.75 Å². The zero-order chi connectivity index (χ0) is 19.9. The van der Waals surface area contributed by atoms with Crippen molar-refractivity contribution >= 4 is 22.0 Å². The van der Waals surface area contributed by atoms with Crippen molar-refractivity contribution in [3.8, 4) is 5.75 Å². The van der Waals surface area contributed by atoms with E-state index in [1.807, 2.05) is 30.3 Å². The maximum atomic E-state index is 12.5. The molecule has 7 nitrogen and oxygen atoms in total. The molecule has 2 aromatic rings. The molecule has 0 bridgehead atoms. The van der Waals surface area contributed by atoms with Crippen LogP contribution < -0.4 is 9.50 Å². The zero-order valence-corrected chi connectivity index (χ0v) is 15.9. The molecule has 0 heterocycles. The van der Waals surface area contributed by atoms with Crippen LogP contribution in [0.25, 0.3) is 0 Å². The first-order valence-corrected chi connectivity index (χ1v) is 10.0. The molecule has 0 aromatic heterocycles. The summed E-state index contributed by atoms with van der Waals surface area (Å²) in [6, 6.07) is 15.3. The van der Waals surface area contributed by atoms with Gasteiger partial charge < -0.3 is 14.2 Å². The van der Waals surface area contributed by atoms with Gasteiger partial charge in [0.25, 0.3) is 0 Å². The maximum Gasteiger partial charge on any atom is 0.315 e. The summed E-state index contributed by atoms with van der Waals surface area (Å²) in [4.78, 5) is 23.8. The molecule has 0 saturated heterocycles. The molecule has 27 heavy (non-hydrogen) atoms. The van der Waals surface area contributed by atoms with Crippen LogP contribution in [-0.2, 0) is 31.1 Å². The molecular weight excluding hydrogens is 370 g/mol. The molecule has 1 N–H and O–H groups in total. The minimum atomic E-state index is -3.64. The minimum absolute atomic E-state index is 0.0647. The monoisotopic (exact) mass is 391 g/mol. The van der Waals surface area contributed by atoms with Gasteiger partial charge in [-0.2, -0.15) is 8.42 Å². The Kier molecular flexibility index (Phi) is 6.95. The highest BCUT2D eigenvalue weighted by atomic mass is 32.2. The van der Waals surface area contributed by atoms with Crippen molar-refractivity contribution in [2.24, 2.45) is 0 Å². The van der Waals surface area contributed by atoms with E-state index in [-0.39, 0.29) is 24.8 Å². The first kappa shape index (κ1) is 20.4. The number of nitrogens with one attached hydrogen (secondary N) is 1. The second-order valence-electron chi connectivity index (χ2n) is 5.94. The van der Waals surface area contributed by atoms with Gasteiger partial charge in [-0.15, -0.1) is 0 Å². The van der Waals surface area contributed by atoms with E-state index in [9.17, 15) is 18.0 Å². The van der Waals surface area contributed by atoms with E-state index in [4.69, 9.17) is 8.92 Å². The van der Waals surface area contributed by atoms with Gasteiger partial charge in [-0.25, -0.2) is 0 Å². The fourth-order valence-corrected chi connectivity index (χ4v) is 2.80. The fourth-order valence-electron chi connectivity index (χ4n) is 2.34. The highest BCUT2D eigenvalue weighted by Crippen LogP contribution is 2.22. The van der Waals surface area contributed by atoms with Gasteiger partial charge in [0.15, 0.2) is 0 Å². The lowest BCUT2D eigenvalue weighted by atomic mass is 9.99. The molecule has 8 heteroatoms. The first-order chi connectivity index (χ1) is 12.7. The average molecular weight is 391 g/mol. The lowest BCUT2D eigenvalue weighted by Crippen LogP contribution is -2.31. The molecule has 1 atom stereocenters. The number of carbonyl (C=O) groups excluding carboxylic acids is 2. The first-order valence-electron chi connectivity index (χ1n) is 8.19.